The number of ether oxygens (including phenoxy) is 1. The van der Waals surface area contributed by atoms with Crippen LogP contribution in [-0.2, 0) is 9.53 Å². The van der Waals surface area contributed by atoms with Gasteiger partial charge in [0.1, 0.15) is 6.61 Å². The summed E-state index contributed by atoms with van der Waals surface area (Å²) in [7, 11) is 0. The molecule has 1 saturated carbocycles. The van der Waals surface area contributed by atoms with E-state index < -0.39 is 0 Å². The smallest absolute Gasteiger partial charge is 0.416 e. The normalized spacial score (nSPS) is 25.5. The van der Waals surface area contributed by atoms with Gasteiger partial charge in [0.2, 0.25) is 5.91 Å². The van der Waals surface area contributed by atoms with Gasteiger partial charge in [-0.1, -0.05) is 43.4 Å². The van der Waals surface area contributed by atoms with E-state index in [1.807, 2.05) is 18.2 Å². The zero-order valence-electron chi connectivity index (χ0n) is 16.4. The average Bonchev–Trinajstić information content (AvgIpc) is 3.47. The van der Waals surface area contributed by atoms with E-state index in [1.54, 1.807) is 4.90 Å². The van der Waals surface area contributed by atoms with Crippen LogP contribution in [0.4, 0.5) is 15.6 Å². The van der Waals surface area contributed by atoms with E-state index in [9.17, 15) is 9.59 Å². The molecule has 3 fully saturated rings. The van der Waals surface area contributed by atoms with Gasteiger partial charge in [-0.05, 0) is 43.0 Å². The zero-order chi connectivity index (χ0) is 19.8. The Hall–Kier alpha value is -2.19. The van der Waals surface area contributed by atoms with Crippen molar-refractivity contribution < 1.29 is 14.3 Å². The second-order valence-corrected chi connectivity index (χ2v) is 9.23. The SMILES string of the molecule is O=C(Nc1ccc2nc(N3CCOC3=O)sc2c1)C1NCCC1C1CCCCC1. The molecule has 0 bridgehead atoms. The van der Waals surface area contributed by atoms with Gasteiger partial charge in [0.05, 0.1) is 22.8 Å². The fourth-order valence-electron chi connectivity index (χ4n) is 4.97. The van der Waals surface area contributed by atoms with Crippen LogP contribution in [0.25, 0.3) is 10.2 Å². The van der Waals surface area contributed by atoms with Crippen LogP contribution in [-0.4, -0.2) is 42.7 Å². The Labute approximate surface area is 173 Å². The van der Waals surface area contributed by atoms with E-state index in [0.717, 1.165) is 28.9 Å². The fourth-order valence-corrected chi connectivity index (χ4v) is 5.99. The van der Waals surface area contributed by atoms with Crippen molar-refractivity contribution in [3.05, 3.63) is 18.2 Å². The Morgan fingerprint density at radius 1 is 1.24 bits per heavy atom. The minimum Gasteiger partial charge on any atom is -0.447 e. The molecule has 7 nitrogen and oxygen atoms in total. The van der Waals surface area contributed by atoms with Crippen LogP contribution >= 0.6 is 11.3 Å². The second kappa shape index (κ2) is 7.91. The molecule has 154 valence electrons. The molecule has 1 aromatic heterocycles. The van der Waals surface area contributed by atoms with Gasteiger partial charge in [-0.25, -0.2) is 14.7 Å². The Balaban J connectivity index is 1.30. The number of fused-ring (bicyclic) bond motifs is 1. The molecule has 2 amide bonds. The van der Waals surface area contributed by atoms with Crippen molar-refractivity contribution in [2.24, 2.45) is 11.8 Å². The second-order valence-electron chi connectivity index (χ2n) is 8.22. The highest BCUT2D eigenvalue weighted by Gasteiger charge is 2.38. The molecule has 1 aliphatic carbocycles. The van der Waals surface area contributed by atoms with Gasteiger partial charge in [-0.15, -0.1) is 0 Å². The van der Waals surface area contributed by atoms with Gasteiger partial charge in [-0.3, -0.25) is 4.79 Å². The largest absolute Gasteiger partial charge is 0.447 e. The molecule has 29 heavy (non-hydrogen) atoms. The number of rotatable bonds is 4. The van der Waals surface area contributed by atoms with Crippen LogP contribution in [0.15, 0.2) is 18.2 Å². The lowest BCUT2D eigenvalue weighted by molar-refractivity contribution is -0.119. The lowest BCUT2D eigenvalue weighted by atomic mass is 9.76. The third kappa shape index (κ3) is 3.71. The molecule has 2 N–H and O–H groups in total. The van der Waals surface area contributed by atoms with E-state index in [0.29, 0.717) is 30.1 Å². The summed E-state index contributed by atoms with van der Waals surface area (Å²) in [5, 5.41) is 7.17. The van der Waals surface area contributed by atoms with Gasteiger partial charge < -0.3 is 15.4 Å². The van der Waals surface area contributed by atoms with E-state index in [1.165, 1.54) is 43.4 Å². The highest BCUT2D eigenvalue weighted by atomic mass is 32.1. The molecule has 0 radical (unpaired) electrons. The summed E-state index contributed by atoms with van der Waals surface area (Å²) < 4.78 is 5.94. The minimum atomic E-state index is -0.348. The van der Waals surface area contributed by atoms with Crippen molar-refractivity contribution in [2.45, 2.75) is 44.6 Å². The predicted molar refractivity (Wildman–Crippen MR) is 113 cm³/mol. The first kappa shape index (κ1) is 18.8. The standard InChI is InChI=1S/C21H26N4O3S/c26-19(18-15(8-9-22-18)13-4-2-1-3-5-13)23-14-6-7-16-17(12-14)29-20(24-16)25-10-11-28-21(25)27/h6-7,12-13,15,18,22H,1-5,8-11H2,(H,23,26). The Morgan fingerprint density at radius 2 is 2.10 bits per heavy atom. The highest BCUT2D eigenvalue weighted by Crippen LogP contribution is 2.36. The molecule has 0 spiro atoms. The summed E-state index contributed by atoms with van der Waals surface area (Å²) >= 11 is 1.44. The number of carbonyl (C=O) groups excluding carboxylic acids is 2. The summed E-state index contributed by atoms with van der Waals surface area (Å²) in [5.41, 5.74) is 1.60. The number of nitrogens with one attached hydrogen (secondary N) is 2. The summed E-state index contributed by atoms with van der Waals surface area (Å²) in [6.45, 7) is 1.84. The number of hydrogen-bond donors (Lipinski definition) is 2. The number of carbonyl (C=O) groups is 2. The lowest BCUT2D eigenvalue weighted by Gasteiger charge is -2.30. The maximum atomic E-state index is 13.0. The highest BCUT2D eigenvalue weighted by molar-refractivity contribution is 7.22. The van der Waals surface area contributed by atoms with E-state index >= 15 is 0 Å². The predicted octanol–water partition coefficient (Wildman–Crippen LogP) is 3.75. The summed E-state index contributed by atoms with van der Waals surface area (Å²) in [5.74, 6) is 1.17. The Morgan fingerprint density at radius 3 is 2.90 bits per heavy atom. The van der Waals surface area contributed by atoms with Crippen LogP contribution in [0, 0.1) is 11.8 Å². The van der Waals surface area contributed by atoms with Crippen molar-refractivity contribution in [3.63, 3.8) is 0 Å². The maximum Gasteiger partial charge on any atom is 0.416 e. The summed E-state index contributed by atoms with van der Waals surface area (Å²) in [6.07, 6.45) is 7.17. The molecule has 5 rings (SSSR count). The first-order valence-electron chi connectivity index (χ1n) is 10.6. The van der Waals surface area contributed by atoms with E-state index in [-0.39, 0.29) is 18.0 Å². The molecule has 2 saturated heterocycles. The van der Waals surface area contributed by atoms with Crippen molar-refractivity contribution in [2.75, 3.05) is 29.9 Å². The molecular weight excluding hydrogens is 388 g/mol. The lowest BCUT2D eigenvalue weighted by Crippen LogP contribution is -2.42. The van der Waals surface area contributed by atoms with E-state index in [4.69, 9.17) is 4.74 Å². The minimum absolute atomic E-state index is 0.0604. The quantitative estimate of drug-likeness (QED) is 0.796. The van der Waals surface area contributed by atoms with Crippen LogP contribution < -0.4 is 15.5 Å². The summed E-state index contributed by atoms with van der Waals surface area (Å²) in [6, 6.07) is 5.62. The molecule has 8 heteroatoms. The fraction of sp³-hybridized carbons (Fsp3) is 0.571. The first-order chi connectivity index (χ1) is 14.2. The number of amides is 2. The number of cyclic esters (lactones) is 1. The first-order valence-corrected chi connectivity index (χ1v) is 11.4. The van der Waals surface area contributed by atoms with Gasteiger partial charge >= 0.3 is 6.09 Å². The molecule has 2 unspecified atom stereocenters. The number of hydrogen-bond acceptors (Lipinski definition) is 6. The van der Waals surface area contributed by atoms with Crippen LogP contribution in [0.2, 0.25) is 0 Å². The number of aromatic nitrogens is 1. The summed E-state index contributed by atoms with van der Waals surface area (Å²) in [4.78, 5) is 30.9. The molecule has 3 aliphatic rings. The molecule has 3 heterocycles. The molecule has 2 aromatic rings. The molecule has 1 aromatic carbocycles. The van der Waals surface area contributed by atoms with Crippen LogP contribution in [0.1, 0.15) is 38.5 Å². The van der Waals surface area contributed by atoms with Gasteiger partial charge in [-0.2, -0.15) is 0 Å². The third-order valence-corrected chi connectivity index (χ3v) is 7.49. The molecular formula is C21H26N4O3S. The number of anilines is 2. The Bertz CT molecular complexity index is 924. The molecule has 2 aliphatic heterocycles. The number of benzene rings is 1. The van der Waals surface area contributed by atoms with Crippen molar-refractivity contribution in [3.8, 4) is 0 Å². The Kier molecular flexibility index (Phi) is 5.13. The van der Waals surface area contributed by atoms with Crippen LogP contribution in [0.3, 0.4) is 0 Å². The zero-order valence-corrected chi connectivity index (χ0v) is 17.2. The van der Waals surface area contributed by atoms with Gasteiger partial charge in [0.25, 0.3) is 0 Å². The maximum absolute atomic E-state index is 13.0. The average molecular weight is 415 g/mol. The molecule has 2 atom stereocenters. The number of nitrogens with zero attached hydrogens (tertiary/aromatic N) is 2. The monoisotopic (exact) mass is 414 g/mol. The van der Waals surface area contributed by atoms with Crippen molar-refractivity contribution >= 4 is 44.4 Å². The van der Waals surface area contributed by atoms with Crippen LogP contribution in [0.5, 0.6) is 0 Å². The van der Waals surface area contributed by atoms with E-state index in [2.05, 4.69) is 15.6 Å². The topological polar surface area (TPSA) is 83.6 Å². The van der Waals surface area contributed by atoms with Gasteiger partial charge in [0, 0.05) is 5.69 Å². The van der Waals surface area contributed by atoms with Crippen molar-refractivity contribution in [1.82, 2.24) is 10.3 Å². The van der Waals surface area contributed by atoms with Gasteiger partial charge in [0.15, 0.2) is 5.13 Å². The number of thiazole rings is 1. The third-order valence-electron chi connectivity index (χ3n) is 6.44. The van der Waals surface area contributed by atoms with Crippen molar-refractivity contribution in [1.29, 1.82) is 0 Å².